The van der Waals surface area contributed by atoms with Crippen LogP contribution in [0.4, 0.5) is 28.4 Å². The van der Waals surface area contributed by atoms with Crippen LogP contribution >= 0.6 is 22.6 Å². The van der Waals surface area contributed by atoms with E-state index in [0.29, 0.717) is 0 Å². The van der Waals surface area contributed by atoms with Crippen LogP contribution in [0.1, 0.15) is 30.0 Å². The molecule has 2 aliphatic heterocycles. The molecule has 3 heteroatoms. The highest BCUT2D eigenvalue weighted by Gasteiger charge is 2.27. The van der Waals surface area contributed by atoms with Crippen LogP contribution in [-0.4, -0.2) is 4.43 Å². The fourth-order valence-corrected chi connectivity index (χ4v) is 11.0. The maximum atomic E-state index is 2.53. The number of fused-ring (bicyclic) bond motifs is 7. The summed E-state index contributed by atoms with van der Waals surface area (Å²) in [6, 6.07) is 73.1. The smallest absolute Gasteiger partial charge is 0.0493 e. The first-order valence-electron chi connectivity index (χ1n) is 22.9. The van der Waals surface area contributed by atoms with E-state index in [4.69, 9.17) is 0 Å². The van der Waals surface area contributed by atoms with Crippen molar-refractivity contribution >= 4 is 94.1 Å². The number of hydrogen-bond acceptors (Lipinski definition) is 2. The number of aryl methyl sites for hydroxylation is 3. The van der Waals surface area contributed by atoms with E-state index in [-0.39, 0.29) is 0 Å². The molecule has 0 atom stereocenters. The fraction of sp³-hybridized carbons (Fsp3) is 0.0968. The van der Waals surface area contributed by atoms with Gasteiger partial charge in [-0.3, -0.25) is 0 Å². The summed E-state index contributed by atoms with van der Waals surface area (Å²) < 4.78 is 0.950. The molecule has 0 bridgehead atoms. The zero-order valence-corrected chi connectivity index (χ0v) is 38.6. The lowest BCUT2D eigenvalue weighted by atomic mass is 9.84. The molecular weight excluding hydrogens is 900 g/mol. The summed E-state index contributed by atoms with van der Waals surface area (Å²) >= 11 is 2.46. The maximum Gasteiger partial charge on any atom is 0.0493 e. The molecule has 2 nitrogen and oxygen atoms in total. The Balaban J connectivity index is 1.21. The number of para-hydroxylation sites is 3. The van der Waals surface area contributed by atoms with Gasteiger partial charge in [0.1, 0.15) is 0 Å². The molecule has 0 aliphatic carbocycles. The van der Waals surface area contributed by atoms with E-state index < -0.39 is 0 Å². The molecule has 0 unspecified atom stereocenters. The number of halogens is 1. The zero-order valence-electron chi connectivity index (χ0n) is 36.4. The van der Waals surface area contributed by atoms with E-state index in [0.717, 1.165) is 35.8 Å². The first-order chi connectivity index (χ1) is 32.1. The zero-order chi connectivity index (χ0) is 43.4. The van der Waals surface area contributed by atoms with Crippen molar-refractivity contribution in [3.8, 4) is 22.3 Å². The number of nitrogens with zero attached hydrogens (tertiary/aromatic N) is 2. The fourth-order valence-electron chi connectivity index (χ4n) is 10.7. The molecule has 0 saturated carbocycles. The van der Waals surface area contributed by atoms with Gasteiger partial charge < -0.3 is 9.80 Å². The van der Waals surface area contributed by atoms with Gasteiger partial charge in [0.25, 0.3) is 0 Å². The number of alkyl halides is 1. The van der Waals surface area contributed by atoms with E-state index in [1.165, 1.54) is 116 Å². The van der Waals surface area contributed by atoms with Crippen molar-refractivity contribution in [3.63, 3.8) is 0 Å². The van der Waals surface area contributed by atoms with Gasteiger partial charge >= 0.3 is 0 Å². The van der Waals surface area contributed by atoms with Crippen LogP contribution in [0.5, 0.6) is 0 Å². The van der Waals surface area contributed by atoms with Crippen LogP contribution in [0, 0.1) is 0 Å². The summed E-state index contributed by atoms with van der Waals surface area (Å²) in [4.78, 5) is 5.04. The van der Waals surface area contributed by atoms with E-state index >= 15 is 0 Å². The van der Waals surface area contributed by atoms with Gasteiger partial charge in [0, 0.05) is 38.6 Å². The highest BCUT2D eigenvalue weighted by molar-refractivity contribution is 14.1. The third-order valence-electron chi connectivity index (χ3n) is 13.8. The number of anilines is 5. The Bertz CT molecular complexity index is 3530. The molecule has 0 radical (unpaired) electrons. The maximum absolute atomic E-state index is 2.53. The van der Waals surface area contributed by atoms with Crippen molar-refractivity contribution in [1.82, 2.24) is 0 Å². The molecule has 0 N–H and O–H groups in total. The van der Waals surface area contributed by atoms with E-state index in [9.17, 15) is 0 Å². The molecule has 0 aromatic heterocycles. The first kappa shape index (κ1) is 39.6. The molecule has 0 amide bonds. The highest BCUT2D eigenvalue weighted by Crippen LogP contribution is 2.50. The van der Waals surface area contributed by atoms with E-state index in [2.05, 4.69) is 246 Å². The normalized spacial score (nSPS) is 13.9. The van der Waals surface area contributed by atoms with Gasteiger partial charge in [-0.05, 0) is 181 Å². The van der Waals surface area contributed by atoms with Crippen molar-refractivity contribution < 1.29 is 0 Å². The largest absolute Gasteiger partial charge is 0.310 e. The monoisotopic (exact) mass is 946 g/mol. The summed E-state index contributed by atoms with van der Waals surface area (Å²) in [5.41, 5.74) is 17.8. The summed E-state index contributed by atoms with van der Waals surface area (Å²) in [6.45, 7) is 2.32. The summed E-state index contributed by atoms with van der Waals surface area (Å²) in [7, 11) is 0. The lowest BCUT2D eigenvalue weighted by molar-refractivity contribution is 0.947. The van der Waals surface area contributed by atoms with Crippen molar-refractivity contribution in [2.24, 2.45) is 0 Å². The third-order valence-corrected chi connectivity index (χ3v) is 14.4. The van der Waals surface area contributed by atoms with Crippen LogP contribution in [0.25, 0.3) is 65.3 Å². The third kappa shape index (κ3) is 6.92. The predicted molar refractivity (Wildman–Crippen MR) is 287 cm³/mol. The summed E-state index contributed by atoms with van der Waals surface area (Å²) in [6.07, 6.45) is 8.69. The van der Waals surface area contributed by atoms with Crippen LogP contribution in [-0.2, 0) is 19.3 Å². The Morgan fingerprint density at radius 2 is 0.846 bits per heavy atom. The predicted octanol–water partition coefficient (Wildman–Crippen LogP) is 17.6. The molecule has 10 aromatic rings. The van der Waals surface area contributed by atoms with Crippen LogP contribution in [0.15, 0.2) is 218 Å². The molecule has 12 rings (SSSR count). The standard InChI is InChI=1S/C62H47IN2/c1-41-24-25-44-15-6-9-20-58(44)64(57(41)23-12-36-63)51-32-34-53-55(39-51)61(49-30-26-42-13-2-4-18-47(42)37-49)54-35-33-52(40-56(54)62(53)50-31-27-43-14-3-5-19-48(43)38-50)65-59-21-10-7-16-45(59)28-29-46-17-8-11-22-60(46)65/h2-23,26-27,30-35,37-40H,24-25,28-29,36H2,1H3/b23-12-. The van der Waals surface area contributed by atoms with Crippen molar-refractivity contribution in [2.75, 3.05) is 14.2 Å². The molecule has 65 heavy (non-hydrogen) atoms. The molecule has 10 aromatic carbocycles. The van der Waals surface area contributed by atoms with E-state index in [1.54, 1.807) is 0 Å². The van der Waals surface area contributed by atoms with Crippen molar-refractivity contribution in [1.29, 1.82) is 0 Å². The second kappa shape index (κ2) is 16.6. The lowest BCUT2D eigenvalue weighted by Gasteiger charge is -2.30. The molecule has 0 spiro atoms. The van der Waals surface area contributed by atoms with Gasteiger partial charge in [0.05, 0.1) is 0 Å². The van der Waals surface area contributed by atoms with Gasteiger partial charge in [0.15, 0.2) is 0 Å². The van der Waals surface area contributed by atoms with Crippen LogP contribution in [0.2, 0.25) is 0 Å². The van der Waals surface area contributed by atoms with Gasteiger partial charge in [-0.25, -0.2) is 0 Å². The van der Waals surface area contributed by atoms with Gasteiger partial charge in [-0.15, -0.1) is 0 Å². The summed E-state index contributed by atoms with van der Waals surface area (Å²) in [5.74, 6) is 0. The number of hydrogen-bond donors (Lipinski definition) is 0. The van der Waals surface area contributed by atoms with Gasteiger partial charge in [0.2, 0.25) is 0 Å². The second-order valence-electron chi connectivity index (χ2n) is 17.6. The Labute approximate surface area is 394 Å². The molecular formula is C62H47IN2. The number of rotatable bonds is 6. The van der Waals surface area contributed by atoms with Crippen molar-refractivity contribution in [3.05, 3.63) is 234 Å². The number of allylic oxidation sites excluding steroid dienone is 3. The molecule has 312 valence electrons. The minimum atomic E-state index is 0.950. The Kier molecular flexibility index (Phi) is 10.1. The molecule has 0 saturated heterocycles. The van der Waals surface area contributed by atoms with Gasteiger partial charge in [-0.2, -0.15) is 0 Å². The highest BCUT2D eigenvalue weighted by atomic mass is 127. The Morgan fingerprint density at radius 3 is 1.35 bits per heavy atom. The van der Waals surface area contributed by atoms with Crippen LogP contribution in [0.3, 0.4) is 0 Å². The summed E-state index contributed by atoms with van der Waals surface area (Å²) in [5, 5.41) is 9.91. The topological polar surface area (TPSA) is 6.48 Å². The molecule has 2 aliphatic rings. The lowest BCUT2D eigenvalue weighted by Crippen LogP contribution is -2.16. The van der Waals surface area contributed by atoms with E-state index in [1.807, 2.05) is 0 Å². The molecule has 2 heterocycles. The number of benzene rings is 10. The molecule has 0 fully saturated rings. The second-order valence-corrected chi connectivity index (χ2v) is 18.5. The van der Waals surface area contributed by atoms with Gasteiger partial charge in [-0.1, -0.05) is 168 Å². The Hall–Kier alpha value is -6.95. The average molecular weight is 947 g/mol. The quantitative estimate of drug-likeness (QED) is 0.0931. The average Bonchev–Trinajstić information content (AvgIpc) is 3.61. The first-order valence-corrected chi connectivity index (χ1v) is 24.4. The van der Waals surface area contributed by atoms with Crippen molar-refractivity contribution in [2.45, 2.75) is 32.6 Å². The SMILES string of the molecule is CC1=C(/C=C\CI)N(c2ccc3c(-c4ccc5ccccc5c4)c4cc(N5c6ccccc6CCc6ccccc65)ccc4c(-c4ccc5ccccc5c4)c3c2)c2ccccc2CC1. The minimum Gasteiger partial charge on any atom is -0.310 e. The Morgan fingerprint density at radius 1 is 0.415 bits per heavy atom. The minimum absolute atomic E-state index is 0.950. The van der Waals surface area contributed by atoms with Crippen LogP contribution < -0.4 is 9.80 Å².